The van der Waals surface area contributed by atoms with E-state index in [1.54, 1.807) is 29.2 Å². The van der Waals surface area contributed by atoms with E-state index in [4.69, 9.17) is 10.6 Å². The van der Waals surface area contributed by atoms with Crippen LogP contribution in [0.4, 0.5) is 10.1 Å². The van der Waals surface area contributed by atoms with Crippen LogP contribution in [0.5, 0.6) is 0 Å². The highest BCUT2D eigenvalue weighted by atomic mass is 19.1. The summed E-state index contributed by atoms with van der Waals surface area (Å²) in [6, 6.07) is 13.3. The van der Waals surface area contributed by atoms with Crippen molar-refractivity contribution in [2.75, 3.05) is 31.3 Å². The van der Waals surface area contributed by atoms with E-state index in [0.29, 0.717) is 38.0 Å². The van der Waals surface area contributed by atoms with Crippen LogP contribution in [0.2, 0.25) is 0 Å². The fourth-order valence-electron chi connectivity index (χ4n) is 3.96. The molecule has 0 atom stereocenters. The van der Waals surface area contributed by atoms with E-state index in [2.05, 4.69) is 5.32 Å². The largest absolute Gasteiger partial charge is 0.351 e. The highest BCUT2D eigenvalue weighted by Gasteiger charge is 2.43. The highest BCUT2D eigenvalue weighted by molar-refractivity contribution is 5.84. The Morgan fingerprint density at radius 1 is 1.12 bits per heavy atom. The van der Waals surface area contributed by atoms with E-state index in [9.17, 15) is 18.8 Å². The lowest BCUT2D eigenvalue weighted by Gasteiger charge is -2.40. The Hall–Kier alpha value is -3.30. The molecule has 0 aliphatic carbocycles. The van der Waals surface area contributed by atoms with Gasteiger partial charge in [-0.05, 0) is 54.7 Å². The third-order valence-electron chi connectivity index (χ3n) is 6.27. The number of carbonyl (C=O) groups is 3. The SMILES string of the molecule is CCc1ccc(N(C=O)OCC2(C(=O)NCc3ccc(F)cc3)CCN(C(=O)CN)CC2)cc1. The molecule has 3 amide bonds. The molecule has 3 N–H and O–H groups in total. The van der Waals surface area contributed by atoms with Crippen LogP contribution in [-0.2, 0) is 32.2 Å². The Bertz CT molecular complexity index is 973. The first kappa shape index (κ1) is 25.3. The molecule has 8 nitrogen and oxygen atoms in total. The van der Waals surface area contributed by atoms with E-state index >= 15 is 0 Å². The number of rotatable bonds is 10. The van der Waals surface area contributed by atoms with Gasteiger partial charge >= 0.3 is 0 Å². The van der Waals surface area contributed by atoms with Crippen LogP contribution in [0.15, 0.2) is 48.5 Å². The van der Waals surface area contributed by atoms with Crippen molar-refractivity contribution in [1.29, 1.82) is 0 Å². The van der Waals surface area contributed by atoms with Crippen molar-refractivity contribution >= 4 is 23.9 Å². The van der Waals surface area contributed by atoms with Gasteiger partial charge in [-0.3, -0.25) is 19.2 Å². The van der Waals surface area contributed by atoms with Gasteiger partial charge in [0.05, 0.1) is 24.3 Å². The van der Waals surface area contributed by atoms with E-state index in [-0.39, 0.29) is 37.3 Å². The second-order valence-electron chi connectivity index (χ2n) is 8.40. The lowest BCUT2D eigenvalue weighted by molar-refractivity contribution is -0.145. The number of amides is 3. The van der Waals surface area contributed by atoms with Crippen molar-refractivity contribution in [3.8, 4) is 0 Å². The number of hydrogen-bond acceptors (Lipinski definition) is 5. The molecule has 0 bridgehead atoms. The van der Waals surface area contributed by atoms with Gasteiger partial charge in [0.2, 0.25) is 18.2 Å². The molecule has 182 valence electrons. The minimum atomic E-state index is -0.948. The Labute approximate surface area is 198 Å². The van der Waals surface area contributed by atoms with E-state index in [1.165, 1.54) is 12.1 Å². The number of nitrogens with one attached hydrogen (secondary N) is 1. The zero-order valence-corrected chi connectivity index (χ0v) is 19.3. The molecule has 0 saturated carbocycles. The Balaban J connectivity index is 1.72. The maximum atomic E-state index is 13.3. The molecule has 1 aliphatic rings. The first-order chi connectivity index (χ1) is 16.4. The number of nitrogens with two attached hydrogens (primary N) is 1. The van der Waals surface area contributed by atoms with E-state index in [0.717, 1.165) is 22.6 Å². The first-order valence-corrected chi connectivity index (χ1v) is 11.4. The van der Waals surface area contributed by atoms with Gasteiger partial charge in [0.15, 0.2) is 0 Å². The van der Waals surface area contributed by atoms with Crippen LogP contribution in [0.25, 0.3) is 0 Å². The second kappa shape index (κ2) is 11.7. The molecule has 0 spiro atoms. The summed E-state index contributed by atoms with van der Waals surface area (Å²) in [5.41, 5.74) is 6.98. The normalized spacial score (nSPS) is 15.0. The van der Waals surface area contributed by atoms with Crippen molar-refractivity contribution in [3.05, 3.63) is 65.5 Å². The number of hydroxylamine groups is 1. The predicted molar refractivity (Wildman–Crippen MR) is 126 cm³/mol. The smallest absolute Gasteiger partial charge is 0.238 e. The van der Waals surface area contributed by atoms with Crippen LogP contribution in [0.3, 0.4) is 0 Å². The second-order valence-corrected chi connectivity index (χ2v) is 8.40. The molecule has 1 saturated heterocycles. The summed E-state index contributed by atoms with van der Waals surface area (Å²) in [6.07, 6.45) is 2.15. The van der Waals surface area contributed by atoms with Gasteiger partial charge in [-0.2, -0.15) is 5.06 Å². The quantitative estimate of drug-likeness (QED) is 0.409. The maximum Gasteiger partial charge on any atom is 0.238 e. The maximum absolute atomic E-state index is 13.3. The summed E-state index contributed by atoms with van der Waals surface area (Å²) in [5.74, 6) is -0.770. The van der Waals surface area contributed by atoms with Crippen LogP contribution in [0.1, 0.15) is 30.9 Å². The van der Waals surface area contributed by atoms with Crippen LogP contribution in [0, 0.1) is 11.2 Å². The summed E-state index contributed by atoms with van der Waals surface area (Å²) >= 11 is 0. The Morgan fingerprint density at radius 3 is 2.29 bits per heavy atom. The number of likely N-dealkylation sites (tertiary alicyclic amines) is 1. The molecular weight excluding hydrogens is 439 g/mol. The molecule has 0 unspecified atom stereocenters. The molecule has 1 aliphatic heterocycles. The summed E-state index contributed by atoms with van der Waals surface area (Å²) in [6.45, 7) is 2.85. The standard InChI is InChI=1S/C25H31FN4O4/c1-2-19-5-9-22(10-6-19)30(18-31)34-17-25(11-13-29(14-12-25)23(32)15-27)24(33)28-16-20-3-7-21(26)8-4-20/h3-10,18H,2,11-17,27H2,1H3,(H,28,33). The van der Waals surface area contributed by atoms with Crippen LogP contribution < -0.4 is 16.1 Å². The highest BCUT2D eigenvalue weighted by Crippen LogP contribution is 2.33. The number of anilines is 1. The van der Waals surface area contributed by atoms with Gasteiger partial charge < -0.3 is 16.0 Å². The molecule has 3 rings (SSSR count). The van der Waals surface area contributed by atoms with Crippen molar-refractivity contribution in [1.82, 2.24) is 10.2 Å². The van der Waals surface area contributed by atoms with Crippen molar-refractivity contribution in [3.63, 3.8) is 0 Å². The van der Waals surface area contributed by atoms with Crippen molar-refractivity contribution in [2.45, 2.75) is 32.7 Å². The average Bonchev–Trinajstić information content (AvgIpc) is 2.88. The van der Waals surface area contributed by atoms with Crippen LogP contribution >= 0.6 is 0 Å². The molecule has 2 aromatic rings. The number of aryl methyl sites for hydroxylation is 1. The Morgan fingerprint density at radius 2 is 1.74 bits per heavy atom. The zero-order valence-electron chi connectivity index (χ0n) is 19.3. The number of piperidine rings is 1. The van der Waals surface area contributed by atoms with Gasteiger partial charge in [0, 0.05) is 19.6 Å². The molecule has 9 heteroatoms. The monoisotopic (exact) mass is 470 g/mol. The number of benzene rings is 2. The molecule has 0 radical (unpaired) electrons. The van der Waals surface area contributed by atoms with Gasteiger partial charge in [0.25, 0.3) is 0 Å². The lowest BCUT2D eigenvalue weighted by Crippen LogP contribution is -2.53. The number of halogens is 1. The van der Waals surface area contributed by atoms with Crippen molar-refractivity contribution < 1.29 is 23.6 Å². The summed E-state index contributed by atoms with van der Waals surface area (Å²) in [7, 11) is 0. The van der Waals surface area contributed by atoms with Crippen molar-refractivity contribution in [2.24, 2.45) is 11.1 Å². The molecule has 34 heavy (non-hydrogen) atoms. The van der Waals surface area contributed by atoms with Gasteiger partial charge in [-0.25, -0.2) is 4.39 Å². The summed E-state index contributed by atoms with van der Waals surface area (Å²) in [4.78, 5) is 44.5. The minimum Gasteiger partial charge on any atom is -0.351 e. The lowest BCUT2D eigenvalue weighted by atomic mass is 9.78. The van der Waals surface area contributed by atoms with E-state index < -0.39 is 5.41 Å². The molecule has 0 aromatic heterocycles. The Kier molecular flexibility index (Phi) is 8.72. The van der Waals surface area contributed by atoms with Gasteiger partial charge in [-0.1, -0.05) is 31.2 Å². The number of carbonyl (C=O) groups excluding carboxylic acids is 3. The summed E-state index contributed by atoms with van der Waals surface area (Å²) in [5, 5.41) is 4.02. The third kappa shape index (κ3) is 6.18. The fourth-order valence-corrected chi connectivity index (χ4v) is 3.96. The third-order valence-corrected chi connectivity index (χ3v) is 6.27. The fraction of sp³-hybridized carbons (Fsp3) is 0.400. The number of hydrogen-bond donors (Lipinski definition) is 2. The molecule has 1 fully saturated rings. The van der Waals surface area contributed by atoms with Crippen LogP contribution in [-0.4, -0.2) is 49.4 Å². The molecule has 2 aromatic carbocycles. The van der Waals surface area contributed by atoms with Gasteiger partial charge in [-0.15, -0.1) is 0 Å². The predicted octanol–water partition coefficient (Wildman–Crippen LogP) is 2.17. The summed E-state index contributed by atoms with van der Waals surface area (Å²) < 4.78 is 13.2. The molecular formula is C25H31FN4O4. The first-order valence-electron chi connectivity index (χ1n) is 11.4. The minimum absolute atomic E-state index is 0.0405. The topological polar surface area (TPSA) is 105 Å². The van der Waals surface area contributed by atoms with E-state index in [1.807, 2.05) is 19.1 Å². The van der Waals surface area contributed by atoms with Gasteiger partial charge in [0.1, 0.15) is 5.82 Å². The zero-order chi connectivity index (χ0) is 24.6. The molecule has 1 heterocycles. The average molecular weight is 471 g/mol. The number of nitrogens with zero attached hydrogens (tertiary/aromatic N) is 2.